The maximum atomic E-state index is 12.7. The van der Waals surface area contributed by atoms with Gasteiger partial charge in [-0.25, -0.2) is 0 Å². The van der Waals surface area contributed by atoms with Crippen LogP contribution in [0.5, 0.6) is 0 Å². The van der Waals surface area contributed by atoms with E-state index in [1.807, 2.05) is 0 Å². The summed E-state index contributed by atoms with van der Waals surface area (Å²) in [5.74, 6) is -2.13. The summed E-state index contributed by atoms with van der Waals surface area (Å²) in [6.07, 6.45) is 3.83. The lowest BCUT2D eigenvalue weighted by molar-refractivity contribution is -0.176. The summed E-state index contributed by atoms with van der Waals surface area (Å²) < 4.78 is 42.9. The second-order valence-electron chi connectivity index (χ2n) is 5.69. The molecule has 0 radical (unpaired) electrons. The zero-order chi connectivity index (χ0) is 17.0. The summed E-state index contributed by atoms with van der Waals surface area (Å²) in [5, 5.41) is 0. The van der Waals surface area contributed by atoms with E-state index in [1.165, 1.54) is 19.3 Å². The highest BCUT2D eigenvalue weighted by Crippen LogP contribution is 2.28. The first-order valence-electron chi connectivity index (χ1n) is 8.33. The standard InChI is InChI=1S/C16H30F3NO2/c1-3-5-6-7-8-9-10-11-12-13(15(21)22-4-2)14(20)16(17,18)19/h13-14H,3-12,20H2,1-2H3/t13-,14-/m1/s1. The van der Waals surface area contributed by atoms with Crippen LogP contribution in [0.2, 0.25) is 0 Å². The van der Waals surface area contributed by atoms with E-state index in [9.17, 15) is 18.0 Å². The summed E-state index contributed by atoms with van der Waals surface area (Å²) in [7, 11) is 0. The number of unbranched alkanes of at least 4 members (excludes halogenated alkanes) is 7. The number of hydrogen-bond acceptors (Lipinski definition) is 3. The fourth-order valence-electron chi connectivity index (χ4n) is 2.42. The predicted octanol–water partition coefficient (Wildman–Crippen LogP) is 4.59. The molecule has 0 bridgehead atoms. The molecule has 132 valence electrons. The van der Waals surface area contributed by atoms with E-state index >= 15 is 0 Å². The van der Waals surface area contributed by atoms with Crippen molar-refractivity contribution in [2.45, 2.75) is 83.9 Å². The van der Waals surface area contributed by atoms with Crippen molar-refractivity contribution < 1.29 is 22.7 Å². The Kier molecular flexibility index (Phi) is 11.3. The Bertz CT molecular complexity index is 296. The third-order valence-corrected chi connectivity index (χ3v) is 3.77. The molecule has 0 aromatic carbocycles. The Morgan fingerprint density at radius 2 is 1.50 bits per heavy atom. The maximum absolute atomic E-state index is 12.7. The SMILES string of the molecule is CCCCCCCCCC[C@@H](C(=O)OCC)[C@@H](N)C(F)(F)F. The van der Waals surface area contributed by atoms with Gasteiger partial charge in [-0.2, -0.15) is 13.2 Å². The highest BCUT2D eigenvalue weighted by atomic mass is 19.4. The molecule has 0 spiro atoms. The van der Waals surface area contributed by atoms with Crippen LogP contribution >= 0.6 is 0 Å². The van der Waals surface area contributed by atoms with Crippen molar-refractivity contribution >= 4 is 5.97 Å². The normalized spacial score (nSPS) is 14.6. The molecule has 0 aliphatic rings. The maximum Gasteiger partial charge on any atom is 0.404 e. The molecular weight excluding hydrogens is 295 g/mol. The molecule has 0 amide bonds. The Balaban J connectivity index is 4.12. The fraction of sp³-hybridized carbons (Fsp3) is 0.938. The lowest BCUT2D eigenvalue weighted by Crippen LogP contribution is -2.47. The van der Waals surface area contributed by atoms with Crippen LogP contribution in [0.15, 0.2) is 0 Å². The summed E-state index contributed by atoms with van der Waals surface area (Å²) in [5.41, 5.74) is 5.20. The molecule has 0 fully saturated rings. The Morgan fingerprint density at radius 3 is 1.95 bits per heavy atom. The first kappa shape index (κ1) is 21.2. The molecule has 0 rings (SSSR count). The Labute approximate surface area is 131 Å². The number of hydrogen-bond donors (Lipinski definition) is 1. The van der Waals surface area contributed by atoms with Gasteiger partial charge < -0.3 is 10.5 Å². The van der Waals surface area contributed by atoms with Crippen molar-refractivity contribution in [2.75, 3.05) is 6.61 Å². The second-order valence-corrected chi connectivity index (χ2v) is 5.69. The lowest BCUT2D eigenvalue weighted by Gasteiger charge is -2.24. The first-order valence-corrected chi connectivity index (χ1v) is 8.33. The van der Waals surface area contributed by atoms with E-state index < -0.39 is 24.1 Å². The molecule has 0 heterocycles. The van der Waals surface area contributed by atoms with Crippen LogP contribution in [-0.2, 0) is 9.53 Å². The minimum absolute atomic E-state index is 0.0668. The average molecular weight is 325 g/mol. The van der Waals surface area contributed by atoms with Crippen LogP contribution in [0.4, 0.5) is 13.2 Å². The molecule has 2 N–H and O–H groups in total. The first-order chi connectivity index (χ1) is 10.3. The second kappa shape index (κ2) is 11.7. The van der Waals surface area contributed by atoms with Crippen molar-refractivity contribution in [1.82, 2.24) is 0 Å². The number of halogens is 3. The summed E-state index contributed by atoms with van der Waals surface area (Å²) in [6.45, 7) is 3.79. The number of carbonyl (C=O) groups is 1. The summed E-state index contributed by atoms with van der Waals surface area (Å²) >= 11 is 0. The van der Waals surface area contributed by atoms with Gasteiger partial charge in [0.2, 0.25) is 0 Å². The minimum Gasteiger partial charge on any atom is -0.466 e. The highest BCUT2D eigenvalue weighted by Gasteiger charge is 2.45. The van der Waals surface area contributed by atoms with E-state index in [0.29, 0.717) is 6.42 Å². The molecule has 2 atom stereocenters. The Morgan fingerprint density at radius 1 is 1.00 bits per heavy atom. The zero-order valence-electron chi connectivity index (χ0n) is 13.8. The third kappa shape index (κ3) is 9.28. The van der Waals surface area contributed by atoms with E-state index in [0.717, 1.165) is 25.7 Å². The van der Waals surface area contributed by atoms with Crippen molar-refractivity contribution in [3.05, 3.63) is 0 Å². The number of esters is 1. The van der Waals surface area contributed by atoms with Crippen molar-refractivity contribution in [3.63, 3.8) is 0 Å². The topological polar surface area (TPSA) is 52.3 Å². The molecule has 22 heavy (non-hydrogen) atoms. The van der Waals surface area contributed by atoms with E-state index in [2.05, 4.69) is 6.92 Å². The molecule has 6 heteroatoms. The third-order valence-electron chi connectivity index (χ3n) is 3.77. The summed E-state index contributed by atoms with van der Waals surface area (Å²) in [6, 6.07) is -2.14. The molecule has 0 saturated heterocycles. The molecule has 0 aliphatic carbocycles. The monoisotopic (exact) mass is 325 g/mol. The largest absolute Gasteiger partial charge is 0.466 e. The van der Waals surface area contributed by atoms with E-state index in [4.69, 9.17) is 10.5 Å². The minimum atomic E-state index is -4.57. The smallest absolute Gasteiger partial charge is 0.404 e. The van der Waals surface area contributed by atoms with Gasteiger partial charge in [-0.05, 0) is 13.3 Å². The molecule has 3 nitrogen and oxygen atoms in total. The highest BCUT2D eigenvalue weighted by molar-refractivity contribution is 5.73. The van der Waals surface area contributed by atoms with E-state index in [-0.39, 0.29) is 13.0 Å². The van der Waals surface area contributed by atoms with Crippen LogP contribution in [0, 0.1) is 5.92 Å². The van der Waals surface area contributed by atoms with Crippen LogP contribution in [0.1, 0.15) is 71.6 Å². The molecule has 0 aromatic heterocycles. The number of ether oxygens (including phenoxy) is 1. The van der Waals surface area contributed by atoms with Crippen LogP contribution in [0.25, 0.3) is 0 Å². The molecule has 0 aromatic rings. The average Bonchev–Trinajstić information content (AvgIpc) is 2.44. The lowest BCUT2D eigenvalue weighted by atomic mass is 9.93. The van der Waals surface area contributed by atoms with Gasteiger partial charge in [-0.3, -0.25) is 4.79 Å². The van der Waals surface area contributed by atoms with Gasteiger partial charge in [0.25, 0.3) is 0 Å². The fourth-order valence-corrected chi connectivity index (χ4v) is 2.42. The number of rotatable bonds is 12. The van der Waals surface area contributed by atoms with E-state index in [1.54, 1.807) is 6.92 Å². The van der Waals surface area contributed by atoms with Crippen molar-refractivity contribution in [3.8, 4) is 0 Å². The molecule has 0 saturated carbocycles. The summed E-state index contributed by atoms with van der Waals surface area (Å²) in [4.78, 5) is 11.7. The van der Waals surface area contributed by atoms with Gasteiger partial charge in [-0.15, -0.1) is 0 Å². The number of carbonyl (C=O) groups excluding carboxylic acids is 1. The van der Waals surface area contributed by atoms with Crippen molar-refractivity contribution in [2.24, 2.45) is 11.7 Å². The van der Waals surface area contributed by atoms with Crippen LogP contribution < -0.4 is 5.73 Å². The van der Waals surface area contributed by atoms with Gasteiger partial charge in [0.15, 0.2) is 0 Å². The predicted molar refractivity (Wildman–Crippen MR) is 81.4 cm³/mol. The zero-order valence-corrected chi connectivity index (χ0v) is 13.8. The van der Waals surface area contributed by atoms with Gasteiger partial charge in [0, 0.05) is 0 Å². The van der Waals surface area contributed by atoms with Gasteiger partial charge in [0.1, 0.15) is 6.04 Å². The van der Waals surface area contributed by atoms with Crippen LogP contribution in [-0.4, -0.2) is 24.8 Å². The quantitative estimate of drug-likeness (QED) is 0.422. The van der Waals surface area contributed by atoms with Crippen molar-refractivity contribution in [1.29, 1.82) is 0 Å². The molecule has 0 unspecified atom stereocenters. The van der Waals surface area contributed by atoms with Gasteiger partial charge >= 0.3 is 12.1 Å². The number of nitrogens with two attached hydrogens (primary N) is 1. The molecule has 0 aliphatic heterocycles. The molecular formula is C16H30F3NO2. The van der Waals surface area contributed by atoms with Gasteiger partial charge in [0.05, 0.1) is 12.5 Å². The number of alkyl halides is 3. The Hall–Kier alpha value is -0.780. The van der Waals surface area contributed by atoms with Crippen LogP contribution in [0.3, 0.4) is 0 Å². The van der Waals surface area contributed by atoms with Gasteiger partial charge in [-0.1, -0.05) is 58.3 Å².